The van der Waals surface area contributed by atoms with Crippen LogP contribution >= 0.6 is 11.3 Å². The van der Waals surface area contributed by atoms with Crippen LogP contribution in [0.15, 0.2) is 41.8 Å². The lowest BCUT2D eigenvalue weighted by molar-refractivity contribution is -0.151. The molecule has 0 spiro atoms. The smallest absolute Gasteiger partial charge is 0.310 e. The van der Waals surface area contributed by atoms with Crippen LogP contribution in [-0.4, -0.2) is 66.8 Å². The number of rotatable bonds is 10. The second-order valence-corrected chi connectivity index (χ2v) is 9.69. The number of piperidine rings is 1. The van der Waals surface area contributed by atoms with Crippen LogP contribution in [0.3, 0.4) is 0 Å². The molecule has 3 amide bonds. The third-order valence-corrected chi connectivity index (χ3v) is 6.85. The Balaban J connectivity index is 1.50. The summed E-state index contributed by atoms with van der Waals surface area (Å²) in [7, 11) is 1.57. The Morgan fingerprint density at radius 1 is 1.20 bits per heavy atom. The van der Waals surface area contributed by atoms with E-state index in [1.54, 1.807) is 54.5 Å². The normalized spacial score (nSPS) is 15.4. The highest BCUT2D eigenvalue weighted by atomic mass is 32.1. The van der Waals surface area contributed by atoms with Crippen LogP contribution < -0.4 is 5.32 Å². The number of hydrogen-bond acceptors (Lipinski definition) is 6. The fourth-order valence-electron chi connectivity index (χ4n) is 4.08. The molecule has 1 fully saturated rings. The molecular weight excluding hydrogens is 466 g/mol. The van der Waals surface area contributed by atoms with Gasteiger partial charge in [-0.2, -0.15) is 0 Å². The number of benzene rings is 1. The minimum absolute atomic E-state index is 0.0896. The zero-order chi connectivity index (χ0) is 25.2. The molecule has 1 aromatic carbocycles. The third-order valence-electron chi connectivity index (χ3n) is 5.91. The molecule has 1 aliphatic heterocycles. The van der Waals surface area contributed by atoms with Gasteiger partial charge in [-0.05, 0) is 62.3 Å². The number of ether oxygens (including phenoxy) is 1. The molecule has 9 heteroatoms. The molecule has 1 aliphatic rings. The summed E-state index contributed by atoms with van der Waals surface area (Å²) in [5, 5.41) is 4.87. The van der Waals surface area contributed by atoms with Crippen LogP contribution in [0.5, 0.6) is 0 Å². The standard InChI is InChI=1S/C26H33N3O5S/c1-3-34-26(33)20-9-6-14-29(17-20)24(31)18-28(2)25(32)19-8-4-10-21(16-19)27-23(30)13-5-11-22-12-7-15-35-22/h4,7-8,10,12,15-16,20H,3,5-6,9,11,13-14,17-18H2,1-2H3,(H,27,30). The molecule has 188 valence electrons. The van der Waals surface area contributed by atoms with Crippen LogP contribution in [0.1, 0.15) is 47.8 Å². The van der Waals surface area contributed by atoms with Crippen molar-refractivity contribution in [3.8, 4) is 0 Å². The highest BCUT2D eigenvalue weighted by molar-refractivity contribution is 7.09. The van der Waals surface area contributed by atoms with E-state index in [-0.39, 0.29) is 36.2 Å². The van der Waals surface area contributed by atoms with E-state index in [2.05, 4.69) is 11.4 Å². The van der Waals surface area contributed by atoms with Gasteiger partial charge in [-0.1, -0.05) is 12.1 Å². The second-order valence-electron chi connectivity index (χ2n) is 8.65. The Kier molecular flexibility index (Phi) is 9.84. The maximum Gasteiger partial charge on any atom is 0.310 e. The highest BCUT2D eigenvalue weighted by Gasteiger charge is 2.30. The Labute approximate surface area is 210 Å². The predicted octanol–water partition coefficient (Wildman–Crippen LogP) is 3.58. The first-order valence-electron chi connectivity index (χ1n) is 12.0. The van der Waals surface area contributed by atoms with Gasteiger partial charge in [0, 0.05) is 42.7 Å². The maximum atomic E-state index is 12.9. The number of nitrogens with one attached hydrogen (secondary N) is 1. The van der Waals surface area contributed by atoms with Gasteiger partial charge in [0.2, 0.25) is 11.8 Å². The zero-order valence-electron chi connectivity index (χ0n) is 20.3. The number of hydrogen-bond donors (Lipinski definition) is 1. The van der Waals surface area contributed by atoms with Gasteiger partial charge in [-0.25, -0.2) is 0 Å². The molecule has 1 N–H and O–H groups in total. The molecule has 3 rings (SSSR count). The number of anilines is 1. The quantitative estimate of drug-likeness (QED) is 0.504. The molecule has 2 aromatic rings. The average Bonchev–Trinajstić information content (AvgIpc) is 3.37. The molecule has 0 aliphatic carbocycles. The van der Waals surface area contributed by atoms with E-state index in [0.29, 0.717) is 43.8 Å². The van der Waals surface area contributed by atoms with Crippen LogP contribution in [-0.2, 0) is 25.5 Å². The van der Waals surface area contributed by atoms with Crippen molar-refractivity contribution >= 4 is 40.7 Å². The van der Waals surface area contributed by atoms with Gasteiger partial charge < -0.3 is 19.9 Å². The fraction of sp³-hybridized carbons (Fsp3) is 0.462. The van der Waals surface area contributed by atoms with Crippen LogP contribution in [0.2, 0.25) is 0 Å². The fourth-order valence-corrected chi connectivity index (χ4v) is 4.83. The highest BCUT2D eigenvalue weighted by Crippen LogP contribution is 2.19. The summed E-state index contributed by atoms with van der Waals surface area (Å²) >= 11 is 1.68. The van der Waals surface area contributed by atoms with Crippen molar-refractivity contribution < 1.29 is 23.9 Å². The average molecular weight is 500 g/mol. The van der Waals surface area contributed by atoms with Gasteiger partial charge in [-0.15, -0.1) is 11.3 Å². The molecule has 8 nitrogen and oxygen atoms in total. The Bertz CT molecular complexity index is 1020. The predicted molar refractivity (Wildman–Crippen MR) is 135 cm³/mol. The van der Waals surface area contributed by atoms with Crippen molar-refractivity contribution in [1.82, 2.24) is 9.80 Å². The molecule has 1 unspecified atom stereocenters. The number of carbonyl (C=O) groups is 4. The van der Waals surface area contributed by atoms with Crippen molar-refractivity contribution in [1.29, 1.82) is 0 Å². The van der Waals surface area contributed by atoms with Crippen LogP contribution in [0.25, 0.3) is 0 Å². The summed E-state index contributed by atoms with van der Waals surface area (Å²) < 4.78 is 5.09. The number of aryl methyl sites for hydroxylation is 1. The van der Waals surface area contributed by atoms with Gasteiger partial charge >= 0.3 is 5.97 Å². The first-order chi connectivity index (χ1) is 16.9. The van der Waals surface area contributed by atoms with Crippen molar-refractivity contribution in [3.05, 3.63) is 52.2 Å². The topological polar surface area (TPSA) is 96.0 Å². The molecular formula is C26H33N3O5S. The number of thiophene rings is 1. The lowest BCUT2D eigenvalue weighted by atomic mass is 9.98. The molecule has 1 aromatic heterocycles. The van der Waals surface area contributed by atoms with Gasteiger partial charge in [0.05, 0.1) is 19.1 Å². The third kappa shape index (κ3) is 7.92. The zero-order valence-corrected chi connectivity index (χ0v) is 21.1. The minimum atomic E-state index is -0.320. The summed E-state index contributed by atoms with van der Waals surface area (Å²) in [5.41, 5.74) is 0.935. The summed E-state index contributed by atoms with van der Waals surface area (Å²) in [4.78, 5) is 54.3. The SMILES string of the molecule is CCOC(=O)C1CCCN(C(=O)CN(C)C(=O)c2cccc(NC(=O)CCCc3cccs3)c2)C1. The van der Waals surface area contributed by atoms with Gasteiger partial charge in [0.25, 0.3) is 5.91 Å². The van der Waals surface area contributed by atoms with Crippen molar-refractivity contribution in [2.45, 2.75) is 39.0 Å². The molecule has 0 bridgehead atoms. The number of nitrogens with zero attached hydrogens (tertiary/aromatic N) is 2. The number of amides is 3. The van der Waals surface area contributed by atoms with E-state index in [9.17, 15) is 19.2 Å². The van der Waals surface area contributed by atoms with E-state index in [0.717, 1.165) is 19.3 Å². The molecule has 35 heavy (non-hydrogen) atoms. The van der Waals surface area contributed by atoms with Gasteiger partial charge in [0.1, 0.15) is 0 Å². The maximum absolute atomic E-state index is 12.9. The number of likely N-dealkylation sites (tertiary alicyclic amines) is 1. The molecule has 1 saturated heterocycles. The van der Waals surface area contributed by atoms with Crippen molar-refractivity contribution in [2.24, 2.45) is 5.92 Å². The van der Waals surface area contributed by atoms with E-state index in [1.807, 2.05) is 11.4 Å². The summed E-state index contributed by atoms with van der Waals surface area (Å²) in [6.07, 6.45) is 3.43. The Morgan fingerprint density at radius 3 is 2.77 bits per heavy atom. The lowest BCUT2D eigenvalue weighted by Crippen LogP contribution is -2.47. The summed E-state index contributed by atoms with van der Waals surface area (Å²) in [6.45, 7) is 2.86. The van der Waals surface area contributed by atoms with Crippen molar-refractivity contribution in [2.75, 3.05) is 38.6 Å². The molecule has 0 saturated carbocycles. The molecule has 2 heterocycles. The first kappa shape index (κ1) is 26.4. The molecule has 0 radical (unpaired) electrons. The second kappa shape index (κ2) is 13.0. The van der Waals surface area contributed by atoms with Crippen molar-refractivity contribution in [3.63, 3.8) is 0 Å². The van der Waals surface area contributed by atoms with E-state index >= 15 is 0 Å². The summed E-state index contributed by atoms with van der Waals surface area (Å²) in [5.74, 6) is -1.22. The lowest BCUT2D eigenvalue weighted by Gasteiger charge is -2.32. The number of carbonyl (C=O) groups excluding carboxylic acids is 4. The number of esters is 1. The first-order valence-corrected chi connectivity index (χ1v) is 12.9. The largest absolute Gasteiger partial charge is 0.466 e. The molecule has 1 atom stereocenters. The van der Waals surface area contributed by atoms with E-state index < -0.39 is 0 Å². The Hall–Kier alpha value is -3.20. The minimum Gasteiger partial charge on any atom is -0.466 e. The number of likely N-dealkylation sites (N-methyl/N-ethyl adjacent to an activating group) is 1. The monoisotopic (exact) mass is 499 g/mol. The van der Waals surface area contributed by atoms with Gasteiger partial charge in [0.15, 0.2) is 0 Å². The van der Waals surface area contributed by atoms with E-state index in [1.165, 1.54) is 9.78 Å². The van der Waals surface area contributed by atoms with Gasteiger partial charge in [-0.3, -0.25) is 19.2 Å². The van der Waals surface area contributed by atoms with Crippen LogP contribution in [0, 0.1) is 5.92 Å². The summed E-state index contributed by atoms with van der Waals surface area (Å²) in [6, 6.07) is 10.8. The Morgan fingerprint density at radius 2 is 2.03 bits per heavy atom. The van der Waals surface area contributed by atoms with E-state index in [4.69, 9.17) is 4.74 Å². The van der Waals surface area contributed by atoms with Crippen LogP contribution in [0.4, 0.5) is 5.69 Å².